The molecule has 196 valence electrons. The monoisotopic (exact) mass is 501 g/mol. The first-order chi connectivity index (χ1) is 17.7. The van der Waals surface area contributed by atoms with E-state index in [0.29, 0.717) is 6.04 Å². The van der Waals surface area contributed by atoms with Gasteiger partial charge in [0, 0.05) is 60.8 Å². The molecule has 0 bridgehead atoms. The van der Waals surface area contributed by atoms with Crippen molar-refractivity contribution in [3.8, 4) is 5.75 Å². The SMILES string of the molecule is COc1cc(N2CCC[C@@H]2CN(C)C)c(N)cc1Nc1cc(N2CC(C)(C)c3nc(C)ccc32)ccn1. The van der Waals surface area contributed by atoms with E-state index in [1.807, 2.05) is 25.3 Å². The molecule has 0 radical (unpaired) electrons. The number of ether oxygens (including phenoxy) is 1. The Morgan fingerprint density at radius 2 is 1.97 bits per heavy atom. The number of hydrogen-bond acceptors (Lipinski definition) is 8. The van der Waals surface area contributed by atoms with Crippen molar-refractivity contribution < 1.29 is 4.74 Å². The maximum absolute atomic E-state index is 6.61. The van der Waals surface area contributed by atoms with Crippen LogP contribution in [0.1, 0.15) is 38.1 Å². The zero-order valence-electron chi connectivity index (χ0n) is 22.9. The number of rotatable bonds is 7. The van der Waals surface area contributed by atoms with Crippen LogP contribution in [0.5, 0.6) is 5.75 Å². The first kappa shape index (κ1) is 25.1. The van der Waals surface area contributed by atoms with E-state index >= 15 is 0 Å². The molecule has 2 aliphatic rings. The Morgan fingerprint density at radius 3 is 2.73 bits per heavy atom. The lowest BCUT2D eigenvalue weighted by Gasteiger charge is -2.30. The van der Waals surface area contributed by atoms with Crippen LogP contribution in [0.15, 0.2) is 42.6 Å². The molecule has 0 unspecified atom stereocenters. The Bertz CT molecular complexity index is 1290. The highest BCUT2D eigenvalue weighted by atomic mass is 16.5. The highest BCUT2D eigenvalue weighted by Gasteiger charge is 2.37. The molecular formula is C29H39N7O. The van der Waals surface area contributed by atoms with Crippen molar-refractivity contribution in [2.45, 2.75) is 45.1 Å². The van der Waals surface area contributed by atoms with Crippen molar-refractivity contribution in [1.29, 1.82) is 0 Å². The summed E-state index contributed by atoms with van der Waals surface area (Å²) in [5.41, 5.74) is 13.5. The average molecular weight is 502 g/mol. The van der Waals surface area contributed by atoms with Crippen LogP contribution in [0, 0.1) is 6.92 Å². The molecule has 37 heavy (non-hydrogen) atoms. The maximum atomic E-state index is 6.61. The van der Waals surface area contributed by atoms with Gasteiger partial charge in [-0.05, 0) is 58.1 Å². The van der Waals surface area contributed by atoms with E-state index in [-0.39, 0.29) is 5.41 Å². The van der Waals surface area contributed by atoms with Gasteiger partial charge in [-0.25, -0.2) is 4.98 Å². The van der Waals surface area contributed by atoms with Crippen LogP contribution < -0.4 is 25.6 Å². The Labute approximate surface area is 220 Å². The second-order valence-corrected chi connectivity index (χ2v) is 11.2. The second kappa shape index (κ2) is 9.74. The van der Waals surface area contributed by atoms with Gasteiger partial charge < -0.3 is 30.5 Å². The van der Waals surface area contributed by atoms with Gasteiger partial charge in [0.15, 0.2) is 0 Å². The lowest BCUT2D eigenvalue weighted by atomic mass is 9.91. The molecule has 1 saturated heterocycles. The van der Waals surface area contributed by atoms with Gasteiger partial charge in [0.05, 0.1) is 35.6 Å². The lowest BCUT2D eigenvalue weighted by Crippen LogP contribution is -2.37. The van der Waals surface area contributed by atoms with Crippen molar-refractivity contribution in [2.24, 2.45) is 0 Å². The molecule has 1 atom stereocenters. The number of aryl methyl sites for hydroxylation is 1. The normalized spacial score (nSPS) is 18.4. The van der Waals surface area contributed by atoms with Gasteiger partial charge in [-0.1, -0.05) is 13.8 Å². The van der Waals surface area contributed by atoms with Crippen LogP contribution in [0.2, 0.25) is 0 Å². The van der Waals surface area contributed by atoms with Crippen LogP contribution in [-0.2, 0) is 5.41 Å². The number of pyridine rings is 2. The van der Waals surface area contributed by atoms with Crippen LogP contribution >= 0.6 is 0 Å². The van der Waals surface area contributed by atoms with Gasteiger partial charge >= 0.3 is 0 Å². The molecule has 2 aromatic heterocycles. The van der Waals surface area contributed by atoms with Crippen molar-refractivity contribution in [2.75, 3.05) is 61.7 Å². The number of aromatic nitrogens is 2. The fourth-order valence-corrected chi connectivity index (χ4v) is 5.71. The zero-order valence-corrected chi connectivity index (χ0v) is 22.9. The third-order valence-corrected chi connectivity index (χ3v) is 7.43. The minimum atomic E-state index is -0.0360. The molecule has 4 heterocycles. The zero-order chi connectivity index (χ0) is 26.3. The summed E-state index contributed by atoms with van der Waals surface area (Å²) in [5.74, 6) is 1.49. The van der Waals surface area contributed by atoms with E-state index in [9.17, 15) is 0 Å². The summed E-state index contributed by atoms with van der Waals surface area (Å²) in [5, 5.41) is 3.46. The second-order valence-electron chi connectivity index (χ2n) is 11.2. The molecule has 8 heteroatoms. The first-order valence-electron chi connectivity index (χ1n) is 13.0. The van der Waals surface area contributed by atoms with E-state index in [2.05, 4.69) is 77.2 Å². The summed E-state index contributed by atoms with van der Waals surface area (Å²) < 4.78 is 5.80. The number of anilines is 6. The predicted molar refractivity (Wildman–Crippen MR) is 153 cm³/mol. The standard InChI is InChI=1S/C29H39N7O/c1-19-9-10-24-28(32-19)29(2,3)18-36(24)20-11-12-31-27(14-20)33-23-15-22(30)25(16-26(23)37-6)35-13-7-8-21(35)17-34(4)5/h9-12,14-16,21H,7-8,13,17-18,30H2,1-6H3,(H,31,33)/t21-/m1/s1. The number of nitrogens with one attached hydrogen (secondary N) is 1. The van der Waals surface area contributed by atoms with Gasteiger partial charge in [-0.15, -0.1) is 0 Å². The molecule has 3 aromatic rings. The van der Waals surface area contributed by atoms with Crippen molar-refractivity contribution in [3.05, 3.63) is 54.0 Å². The molecule has 0 saturated carbocycles. The highest BCUT2D eigenvalue weighted by molar-refractivity contribution is 5.81. The molecule has 2 aliphatic heterocycles. The number of fused-ring (bicyclic) bond motifs is 1. The van der Waals surface area contributed by atoms with E-state index in [0.717, 1.165) is 71.0 Å². The topological polar surface area (TPSA) is 82.8 Å². The molecule has 8 nitrogen and oxygen atoms in total. The molecule has 5 rings (SSSR count). The summed E-state index contributed by atoms with van der Waals surface area (Å²) >= 11 is 0. The number of nitrogen functional groups attached to an aromatic ring is 1. The predicted octanol–water partition coefficient (Wildman–Crippen LogP) is 5.08. The number of hydrogen-bond donors (Lipinski definition) is 2. The summed E-state index contributed by atoms with van der Waals surface area (Å²) in [6.07, 6.45) is 4.18. The molecule has 1 fully saturated rings. The number of benzene rings is 1. The van der Waals surface area contributed by atoms with Crippen molar-refractivity contribution >= 4 is 34.3 Å². The third-order valence-electron chi connectivity index (χ3n) is 7.43. The Balaban J connectivity index is 1.42. The average Bonchev–Trinajstić information content (AvgIpc) is 3.40. The van der Waals surface area contributed by atoms with Crippen molar-refractivity contribution in [3.63, 3.8) is 0 Å². The largest absolute Gasteiger partial charge is 0.494 e. The van der Waals surface area contributed by atoms with Gasteiger partial charge in [0.2, 0.25) is 0 Å². The van der Waals surface area contributed by atoms with Gasteiger partial charge in [0.25, 0.3) is 0 Å². The van der Waals surface area contributed by atoms with Crippen LogP contribution in [-0.4, -0.2) is 61.7 Å². The molecule has 0 spiro atoms. The molecule has 0 amide bonds. The number of methoxy groups -OCH3 is 1. The molecule has 0 aliphatic carbocycles. The van der Waals surface area contributed by atoms with E-state index in [4.69, 9.17) is 15.5 Å². The highest BCUT2D eigenvalue weighted by Crippen LogP contribution is 2.44. The van der Waals surface area contributed by atoms with Gasteiger partial charge in [0.1, 0.15) is 11.6 Å². The van der Waals surface area contributed by atoms with E-state index in [1.165, 1.54) is 12.8 Å². The summed E-state index contributed by atoms with van der Waals surface area (Å²) in [6, 6.07) is 12.8. The number of nitrogens with two attached hydrogens (primary N) is 1. The first-order valence-corrected chi connectivity index (χ1v) is 13.0. The maximum Gasteiger partial charge on any atom is 0.144 e. The van der Waals surface area contributed by atoms with E-state index in [1.54, 1.807) is 7.11 Å². The third kappa shape index (κ3) is 4.90. The number of likely N-dealkylation sites (N-methyl/N-ethyl adjacent to an activating group) is 1. The molecule has 3 N–H and O–H groups in total. The summed E-state index contributed by atoms with van der Waals surface area (Å²) in [6.45, 7) is 9.41. The number of nitrogens with zero attached hydrogens (tertiary/aromatic N) is 5. The Morgan fingerprint density at radius 1 is 1.16 bits per heavy atom. The Hall–Kier alpha value is -3.52. The fraction of sp³-hybridized carbons (Fsp3) is 0.448. The lowest BCUT2D eigenvalue weighted by molar-refractivity contribution is 0.372. The van der Waals surface area contributed by atoms with Crippen LogP contribution in [0.25, 0.3) is 0 Å². The molecular weight excluding hydrogens is 462 g/mol. The summed E-state index contributed by atoms with van der Waals surface area (Å²) in [4.78, 5) is 16.4. The smallest absolute Gasteiger partial charge is 0.144 e. The van der Waals surface area contributed by atoms with Gasteiger partial charge in [-0.2, -0.15) is 0 Å². The minimum absolute atomic E-state index is 0.0360. The molecule has 1 aromatic carbocycles. The van der Waals surface area contributed by atoms with Crippen LogP contribution in [0.4, 0.5) is 34.3 Å². The Kier molecular flexibility index (Phi) is 6.62. The quantitative estimate of drug-likeness (QED) is 0.434. The minimum Gasteiger partial charge on any atom is -0.494 e. The summed E-state index contributed by atoms with van der Waals surface area (Å²) in [7, 11) is 5.94. The van der Waals surface area contributed by atoms with E-state index < -0.39 is 0 Å². The van der Waals surface area contributed by atoms with Gasteiger partial charge in [-0.3, -0.25) is 4.98 Å². The van der Waals surface area contributed by atoms with Crippen LogP contribution in [0.3, 0.4) is 0 Å². The van der Waals surface area contributed by atoms with Crippen molar-refractivity contribution in [1.82, 2.24) is 14.9 Å². The fourth-order valence-electron chi connectivity index (χ4n) is 5.71.